The number of rotatable bonds is 5. The fraction of sp³-hybridized carbons (Fsp3) is 0.429. The molecule has 102 valence electrons. The monoisotopic (exact) mass is 278 g/mol. The molecular formula is C14H18N2O2S. The van der Waals surface area contributed by atoms with E-state index in [1.165, 1.54) is 11.3 Å². The minimum absolute atomic E-state index is 0.0200. The van der Waals surface area contributed by atoms with Gasteiger partial charge in [0.1, 0.15) is 5.75 Å². The van der Waals surface area contributed by atoms with Crippen molar-refractivity contribution in [3.63, 3.8) is 0 Å². The summed E-state index contributed by atoms with van der Waals surface area (Å²) in [5, 5.41) is 3.53. The van der Waals surface area contributed by atoms with Crippen molar-refractivity contribution in [1.29, 1.82) is 0 Å². The molecule has 2 rings (SSSR count). The van der Waals surface area contributed by atoms with E-state index in [-0.39, 0.29) is 11.8 Å². The molecule has 5 heteroatoms. The van der Waals surface area contributed by atoms with Crippen molar-refractivity contribution < 1.29 is 9.53 Å². The molecule has 0 saturated carbocycles. The number of anilines is 1. The van der Waals surface area contributed by atoms with Crippen molar-refractivity contribution in [2.45, 2.75) is 26.7 Å². The predicted molar refractivity (Wildman–Crippen MR) is 78.9 cm³/mol. The van der Waals surface area contributed by atoms with Gasteiger partial charge < -0.3 is 10.1 Å². The minimum Gasteiger partial charge on any atom is -0.497 e. The molecule has 1 aromatic carbocycles. The second-order valence-corrected chi connectivity index (χ2v) is 5.56. The van der Waals surface area contributed by atoms with Gasteiger partial charge in [-0.1, -0.05) is 31.6 Å². The van der Waals surface area contributed by atoms with Crippen LogP contribution < -0.4 is 10.1 Å². The van der Waals surface area contributed by atoms with Crippen LogP contribution in [0.1, 0.15) is 26.7 Å². The molecule has 0 aliphatic heterocycles. The largest absolute Gasteiger partial charge is 0.497 e. The topological polar surface area (TPSA) is 51.2 Å². The number of methoxy groups -OCH3 is 1. The summed E-state index contributed by atoms with van der Waals surface area (Å²) < 4.78 is 6.19. The molecule has 0 radical (unpaired) electrons. The van der Waals surface area contributed by atoms with Gasteiger partial charge in [-0.2, -0.15) is 0 Å². The van der Waals surface area contributed by atoms with E-state index in [1.54, 1.807) is 7.11 Å². The van der Waals surface area contributed by atoms with Gasteiger partial charge in [0.05, 0.1) is 17.3 Å². The number of aromatic nitrogens is 1. The SMILES string of the molecule is CCC[C@H](C)C(=O)Nc1nc2ccc(OC)cc2s1. The molecule has 0 unspecified atom stereocenters. The quantitative estimate of drug-likeness (QED) is 0.907. The van der Waals surface area contributed by atoms with Gasteiger partial charge in [-0.3, -0.25) is 4.79 Å². The van der Waals surface area contributed by atoms with Crippen molar-refractivity contribution in [2.24, 2.45) is 5.92 Å². The van der Waals surface area contributed by atoms with E-state index in [9.17, 15) is 4.79 Å². The van der Waals surface area contributed by atoms with Gasteiger partial charge in [-0.25, -0.2) is 4.98 Å². The lowest BCUT2D eigenvalue weighted by atomic mass is 10.1. The Morgan fingerprint density at radius 3 is 3.00 bits per heavy atom. The molecule has 0 bridgehead atoms. The Balaban J connectivity index is 2.15. The first-order valence-electron chi connectivity index (χ1n) is 6.39. The second kappa shape index (κ2) is 6.02. The molecule has 0 spiro atoms. The number of hydrogen-bond acceptors (Lipinski definition) is 4. The van der Waals surface area contributed by atoms with Gasteiger partial charge in [0.15, 0.2) is 5.13 Å². The number of ether oxygens (including phenoxy) is 1. The Morgan fingerprint density at radius 1 is 1.53 bits per heavy atom. The number of benzene rings is 1. The summed E-state index contributed by atoms with van der Waals surface area (Å²) in [6.07, 6.45) is 1.90. The molecule has 1 aromatic heterocycles. The van der Waals surface area contributed by atoms with Crippen molar-refractivity contribution in [2.75, 3.05) is 12.4 Å². The second-order valence-electron chi connectivity index (χ2n) is 4.53. The minimum atomic E-state index is 0.0200. The van der Waals surface area contributed by atoms with E-state index in [0.717, 1.165) is 28.8 Å². The van der Waals surface area contributed by atoms with Crippen LogP contribution in [0.3, 0.4) is 0 Å². The Labute approximate surface area is 116 Å². The number of hydrogen-bond donors (Lipinski definition) is 1. The lowest BCUT2D eigenvalue weighted by molar-refractivity contribution is -0.119. The smallest absolute Gasteiger partial charge is 0.228 e. The molecular weight excluding hydrogens is 260 g/mol. The summed E-state index contributed by atoms with van der Waals surface area (Å²) in [5.74, 6) is 0.854. The van der Waals surface area contributed by atoms with Crippen LogP contribution in [0.4, 0.5) is 5.13 Å². The standard InChI is InChI=1S/C14H18N2O2S/c1-4-5-9(2)13(17)16-14-15-11-7-6-10(18-3)8-12(11)19-14/h6-9H,4-5H2,1-3H3,(H,15,16,17)/t9-/m0/s1. The molecule has 2 aromatic rings. The molecule has 19 heavy (non-hydrogen) atoms. The van der Waals surface area contributed by atoms with E-state index >= 15 is 0 Å². The highest BCUT2D eigenvalue weighted by Crippen LogP contribution is 2.29. The molecule has 0 fully saturated rings. The number of nitrogens with one attached hydrogen (secondary N) is 1. The number of fused-ring (bicyclic) bond motifs is 1. The van der Waals surface area contributed by atoms with Gasteiger partial charge in [0.25, 0.3) is 0 Å². The van der Waals surface area contributed by atoms with Crippen molar-refractivity contribution >= 4 is 32.6 Å². The summed E-state index contributed by atoms with van der Waals surface area (Å²) in [7, 11) is 1.64. The van der Waals surface area contributed by atoms with E-state index in [2.05, 4.69) is 17.2 Å². The van der Waals surface area contributed by atoms with Crippen LogP contribution in [-0.4, -0.2) is 18.0 Å². The maximum absolute atomic E-state index is 11.9. The highest BCUT2D eigenvalue weighted by molar-refractivity contribution is 7.22. The Morgan fingerprint density at radius 2 is 2.32 bits per heavy atom. The third kappa shape index (κ3) is 3.23. The molecule has 1 atom stereocenters. The zero-order valence-corrected chi connectivity index (χ0v) is 12.2. The third-order valence-corrected chi connectivity index (χ3v) is 3.93. The first kappa shape index (κ1) is 13.8. The van der Waals surface area contributed by atoms with Crippen LogP contribution in [0.2, 0.25) is 0 Å². The highest BCUT2D eigenvalue weighted by atomic mass is 32.1. The maximum Gasteiger partial charge on any atom is 0.228 e. The fourth-order valence-electron chi connectivity index (χ4n) is 1.88. The van der Waals surface area contributed by atoms with Crippen molar-refractivity contribution in [3.8, 4) is 5.75 Å². The summed E-state index contributed by atoms with van der Waals surface area (Å²) in [5.41, 5.74) is 0.879. The number of carbonyl (C=O) groups is 1. The molecule has 0 aliphatic carbocycles. The van der Waals surface area contributed by atoms with E-state index in [0.29, 0.717) is 5.13 Å². The highest BCUT2D eigenvalue weighted by Gasteiger charge is 2.14. The Hall–Kier alpha value is -1.62. The van der Waals surface area contributed by atoms with E-state index < -0.39 is 0 Å². The van der Waals surface area contributed by atoms with E-state index in [4.69, 9.17) is 4.74 Å². The molecule has 1 heterocycles. The first-order chi connectivity index (χ1) is 9.13. The molecule has 1 N–H and O–H groups in total. The lowest BCUT2D eigenvalue weighted by Crippen LogP contribution is -2.19. The Bertz CT molecular complexity index is 580. The first-order valence-corrected chi connectivity index (χ1v) is 7.21. The molecule has 0 aliphatic rings. The normalized spacial score (nSPS) is 12.4. The fourth-order valence-corrected chi connectivity index (χ4v) is 2.78. The zero-order chi connectivity index (χ0) is 13.8. The van der Waals surface area contributed by atoms with Crippen LogP contribution in [0.5, 0.6) is 5.75 Å². The number of carbonyl (C=O) groups excluding carboxylic acids is 1. The summed E-state index contributed by atoms with van der Waals surface area (Å²) in [4.78, 5) is 16.3. The molecule has 1 amide bonds. The van der Waals surface area contributed by atoms with E-state index in [1.807, 2.05) is 25.1 Å². The summed E-state index contributed by atoms with van der Waals surface area (Å²) >= 11 is 1.47. The zero-order valence-electron chi connectivity index (χ0n) is 11.4. The van der Waals surface area contributed by atoms with Gasteiger partial charge in [0, 0.05) is 5.92 Å². The Kier molecular flexibility index (Phi) is 4.37. The van der Waals surface area contributed by atoms with Crippen LogP contribution in [0.15, 0.2) is 18.2 Å². The van der Waals surface area contributed by atoms with Gasteiger partial charge in [-0.15, -0.1) is 0 Å². The molecule has 0 saturated heterocycles. The van der Waals surface area contributed by atoms with Crippen LogP contribution in [-0.2, 0) is 4.79 Å². The van der Waals surface area contributed by atoms with Crippen LogP contribution in [0, 0.1) is 5.92 Å². The van der Waals surface area contributed by atoms with Crippen LogP contribution >= 0.6 is 11.3 Å². The van der Waals surface area contributed by atoms with Gasteiger partial charge in [0.2, 0.25) is 5.91 Å². The third-order valence-electron chi connectivity index (χ3n) is 3.00. The average Bonchev–Trinajstić information content (AvgIpc) is 2.79. The summed E-state index contributed by atoms with van der Waals surface area (Å²) in [6, 6.07) is 5.70. The lowest BCUT2D eigenvalue weighted by Gasteiger charge is -2.08. The summed E-state index contributed by atoms with van der Waals surface area (Å²) in [6.45, 7) is 4.02. The molecule has 4 nitrogen and oxygen atoms in total. The van der Waals surface area contributed by atoms with Gasteiger partial charge >= 0.3 is 0 Å². The van der Waals surface area contributed by atoms with Crippen molar-refractivity contribution in [1.82, 2.24) is 4.98 Å². The predicted octanol–water partition coefficient (Wildman–Crippen LogP) is 3.68. The number of thiazole rings is 1. The average molecular weight is 278 g/mol. The maximum atomic E-state index is 11.9. The van der Waals surface area contributed by atoms with Gasteiger partial charge in [-0.05, 0) is 24.6 Å². The number of amides is 1. The van der Waals surface area contributed by atoms with Crippen molar-refractivity contribution in [3.05, 3.63) is 18.2 Å². The number of nitrogens with zero attached hydrogens (tertiary/aromatic N) is 1. The van der Waals surface area contributed by atoms with Crippen LogP contribution in [0.25, 0.3) is 10.2 Å².